The molecule has 1 N–H and O–H groups in total. The fraction of sp³-hybridized carbons (Fsp3) is 0.263. The molecule has 0 radical (unpaired) electrons. The van der Waals surface area contributed by atoms with Gasteiger partial charge in [-0.3, -0.25) is 0 Å². The highest BCUT2D eigenvalue weighted by molar-refractivity contribution is 6.42. The maximum Gasteiger partial charge on any atom is 0.358 e. The molecule has 0 unspecified atom stereocenters. The van der Waals surface area contributed by atoms with Gasteiger partial charge in [-0.25, -0.2) is 4.79 Å². The summed E-state index contributed by atoms with van der Waals surface area (Å²) in [6.07, 6.45) is 0. The molecule has 0 aliphatic heterocycles. The minimum absolute atomic E-state index is 0.0281. The molecule has 0 aliphatic carbocycles. The van der Waals surface area contributed by atoms with Crippen LogP contribution >= 0.6 is 23.2 Å². The second kappa shape index (κ2) is 10.8. The predicted octanol–water partition coefficient (Wildman–Crippen LogP) is 4.38. The minimum Gasteiger partial charge on any atom is -0.489 e. The van der Waals surface area contributed by atoms with Crippen molar-refractivity contribution in [1.82, 2.24) is 0 Å². The van der Waals surface area contributed by atoms with Crippen LogP contribution < -0.4 is 9.47 Å². The van der Waals surface area contributed by atoms with Crippen LogP contribution in [0.4, 0.5) is 0 Å². The number of carboxylic acid groups (broad SMARTS) is 1. The maximum absolute atomic E-state index is 11.4. The first-order chi connectivity index (χ1) is 13.5. The molecule has 0 amide bonds. The second-order valence-corrected chi connectivity index (χ2v) is 6.16. The standard InChI is InChI=1S/C19H19Cl2NO6/c1-3-26-11-28-18-15(20)8-13(9-16(18)21)27-10-12-6-4-5-7-14(12)17(19(23)24)22-25-2/h4-9H,3,10-11H2,1-2H3,(H,23,24). The van der Waals surface area contributed by atoms with Crippen LogP contribution in [0.5, 0.6) is 11.5 Å². The lowest BCUT2D eigenvalue weighted by molar-refractivity contribution is -0.129. The number of benzene rings is 2. The molecule has 0 spiro atoms. The number of ether oxygens (including phenoxy) is 3. The number of oxime groups is 1. The molecule has 0 saturated heterocycles. The van der Waals surface area contributed by atoms with Gasteiger partial charge in [0.25, 0.3) is 0 Å². The third-order valence-electron chi connectivity index (χ3n) is 3.51. The van der Waals surface area contributed by atoms with Crippen molar-refractivity contribution < 1.29 is 28.9 Å². The largest absolute Gasteiger partial charge is 0.489 e. The molecule has 2 rings (SSSR count). The molecule has 0 bridgehead atoms. The lowest BCUT2D eigenvalue weighted by atomic mass is 10.0. The van der Waals surface area contributed by atoms with Gasteiger partial charge in [0.1, 0.15) is 19.5 Å². The Labute approximate surface area is 172 Å². The number of carbonyl (C=O) groups is 1. The Kier molecular flexibility index (Phi) is 8.38. The summed E-state index contributed by atoms with van der Waals surface area (Å²) in [6.45, 7) is 2.44. The fourth-order valence-electron chi connectivity index (χ4n) is 2.27. The molecular formula is C19H19Cl2NO6. The third-order valence-corrected chi connectivity index (χ3v) is 4.08. The fourth-order valence-corrected chi connectivity index (χ4v) is 2.85. The number of hydrogen-bond acceptors (Lipinski definition) is 6. The third kappa shape index (κ3) is 5.76. The van der Waals surface area contributed by atoms with Gasteiger partial charge in [0, 0.05) is 24.3 Å². The minimum atomic E-state index is -1.21. The van der Waals surface area contributed by atoms with E-state index in [1.807, 2.05) is 6.92 Å². The number of carboxylic acids is 1. The highest BCUT2D eigenvalue weighted by Crippen LogP contribution is 2.37. The Morgan fingerprint density at radius 1 is 1.14 bits per heavy atom. The molecule has 2 aromatic carbocycles. The smallest absolute Gasteiger partial charge is 0.358 e. The summed E-state index contributed by atoms with van der Waals surface area (Å²) in [6, 6.07) is 9.92. The first-order valence-electron chi connectivity index (χ1n) is 8.23. The highest BCUT2D eigenvalue weighted by atomic mass is 35.5. The van der Waals surface area contributed by atoms with Gasteiger partial charge in [-0.15, -0.1) is 0 Å². The van der Waals surface area contributed by atoms with E-state index in [1.54, 1.807) is 36.4 Å². The van der Waals surface area contributed by atoms with Gasteiger partial charge in [-0.1, -0.05) is 52.6 Å². The van der Waals surface area contributed by atoms with E-state index in [1.165, 1.54) is 7.11 Å². The maximum atomic E-state index is 11.4. The molecule has 0 saturated carbocycles. The molecule has 9 heteroatoms. The zero-order valence-corrected chi connectivity index (χ0v) is 16.8. The lowest BCUT2D eigenvalue weighted by Crippen LogP contribution is -2.17. The van der Waals surface area contributed by atoms with E-state index in [0.717, 1.165) is 0 Å². The Bertz CT molecular complexity index is 833. The van der Waals surface area contributed by atoms with E-state index in [-0.39, 0.29) is 29.2 Å². The average Bonchev–Trinajstić information content (AvgIpc) is 2.67. The summed E-state index contributed by atoms with van der Waals surface area (Å²) in [5.41, 5.74) is 0.757. The number of halogens is 2. The van der Waals surface area contributed by atoms with Crippen molar-refractivity contribution in [2.75, 3.05) is 20.5 Å². The van der Waals surface area contributed by atoms with E-state index in [2.05, 4.69) is 9.99 Å². The SMILES string of the molecule is CCOCOc1c(Cl)cc(OCc2ccccc2C(=NOC)C(=O)O)cc1Cl. The van der Waals surface area contributed by atoms with Crippen molar-refractivity contribution >= 4 is 34.9 Å². The normalized spacial score (nSPS) is 11.2. The summed E-state index contributed by atoms with van der Waals surface area (Å²) < 4.78 is 16.2. The Balaban J connectivity index is 2.19. The lowest BCUT2D eigenvalue weighted by Gasteiger charge is -2.14. The van der Waals surface area contributed by atoms with Crippen LogP contribution in [0.2, 0.25) is 10.0 Å². The van der Waals surface area contributed by atoms with E-state index in [4.69, 9.17) is 37.4 Å². The summed E-state index contributed by atoms with van der Waals surface area (Å²) in [5, 5.41) is 13.5. The molecule has 7 nitrogen and oxygen atoms in total. The van der Waals surface area contributed by atoms with Gasteiger partial charge in [0.15, 0.2) is 18.3 Å². The highest BCUT2D eigenvalue weighted by Gasteiger charge is 2.18. The number of hydrogen-bond donors (Lipinski definition) is 1. The van der Waals surface area contributed by atoms with E-state index >= 15 is 0 Å². The number of rotatable bonds is 10. The van der Waals surface area contributed by atoms with E-state index in [9.17, 15) is 9.90 Å². The van der Waals surface area contributed by atoms with Crippen LogP contribution in [0, 0.1) is 0 Å². The van der Waals surface area contributed by atoms with Gasteiger partial charge >= 0.3 is 5.97 Å². The van der Waals surface area contributed by atoms with Crippen LogP contribution in [0.25, 0.3) is 0 Å². The van der Waals surface area contributed by atoms with E-state index < -0.39 is 5.97 Å². The van der Waals surface area contributed by atoms with Crippen molar-refractivity contribution in [1.29, 1.82) is 0 Å². The number of nitrogens with zero attached hydrogens (tertiary/aromatic N) is 1. The first-order valence-corrected chi connectivity index (χ1v) is 8.98. The topological polar surface area (TPSA) is 86.6 Å². The first kappa shape index (κ1) is 21.8. The van der Waals surface area contributed by atoms with Crippen LogP contribution in [-0.4, -0.2) is 37.3 Å². The number of aliphatic carboxylic acids is 1. The second-order valence-electron chi connectivity index (χ2n) is 5.34. The molecular weight excluding hydrogens is 409 g/mol. The Morgan fingerprint density at radius 3 is 2.43 bits per heavy atom. The predicted molar refractivity (Wildman–Crippen MR) is 106 cm³/mol. The molecule has 28 heavy (non-hydrogen) atoms. The average molecular weight is 428 g/mol. The summed E-state index contributed by atoms with van der Waals surface area (Å²) in [5.74, 6) is -0.518. The summed E-state index contributed by atoms with van der Waals surface area (Å²) in [4.78, 5) is 16.1. The summed E-state index contributed by atoms with van der Waals surface area (Å²) >= 11 is 12.4. The van der Waals surface area contributed by atoms with Crippen LogP contribution in [0.3, 0.4) is 0 Å². The van der Waals surface area contributed by atoms with Crippen molar-refractivity contribution in [3.05, 3.63) is 57.6 Å². The monoisotopic (exact) mass is 427 g/mol. The van der Waals surface area contributed by atoms with Gasteiger partial charge in [-0.05, 0) is 12.5 Å². The quantitative estimate of drug-likeness (QED) is 0.262. The zero-order valence-electron chi connectivity index (χ0n) is 15.3. The van der Waals surface area contributed by atoms with Gasteiger partial charge < -0.3 is 24.2 Å². The molecule has 0 heterocycles. The van der Waals surface area contributed by atoms with Crippen LogP contribution in [-0.2, 0) is 21.0 Å². The molecule has 0 fully saturated rings. The molecule has 150 valence electrons. The zero-order chi connectivity index (χ0) is 20.5. The molecule has 2 aromatic rings. The van der Waals surface area contributed by atoms with Crippen LogP contribution in [0.1, 0.15) is 18.1 Å². The Hall–Kier alpha value is -2.48. The summed E-state index contributed by atoms with van der Waals surface area (Å²) in [7, 11) is 1.28. The van der Waals surface area contributed by atoms with Gasteiger partial charge in [0.05, 0.1) is 10.0 Å². The van der Waals surface area contributed by atoms with Gasteiger partial charge in [0.2, 0.25) is 0 Å². The van der Waals surface area contributed by atoms with Crippen molar-refractivity contribution in [2.24, 2.45) is 5.16 Å². The van der Waals surface area contributed by atoms with Crippen molar-refractivity contribution in [3.63, 3.8) is 0 Å². The van der Waals surface area contributed by atoms with Crippen molar-refractivity contribution in [3.8, 4) is 11.5 Å². The van der Waals surface area contributed by atoms with Gasteiger partial charge in [-0.2, -0.15) is 0 Å². The Morgan fingerprint density at radius 2 is 1.82 bits per heavy atom. The molecule has 0 aliphatic rings. The van der Waals surface area contributed by atoms with E-state index in [0.29, 0.717) is 29.2 Å². The van der Waals surface area contributed by atoms with Crippen molar-refractivity contribution in [2.45, 2.75) is 13.5 Å². The molecule has 0 atom stereocenters. The van der Waals surface area contributed by atoms with Crippen LogP contribution in [0.15, 0.2) is 41.6 Å². The molecule has 0 aromatic heterocycles.